The average molecular weight is 593 g/mol. The van der Waals surface area contributed by atoms with Crippen molar-refractivity contribution in [3.8, 4) is 0 Å². The number of aryl methyl sites for hydroxylation is 2. The first-order chi connectivity index (χ1) is 14.9. The van der Waals surface area contributed by atoms with E-state index in [2.05, 4.69) is 46.1 Å². The van der Waals surface area contributed by atoms with Crippen molar-refractivity contribution in [2.75, 3.05) is 14.2 Å². The van der Waals surface area contributed by atoms with Crippen molar-refractivity contribution in [1.29, 1.82) is 0 Å². The van der Waals surface area contributed by atoms with Crippen LogP contribution in [0.25, 0.3) is 0 Å². The molecule has 4 nitrogen and oxygen atoms in total. The minimum atomic E-state index is -0.274. The third-order valence-corrected chi connectivity index (χ3v) is 5.60. The molecule has 2 fully saturated rings. The second kappa shape index (κ2) is 16.7. The van der Waals surface area contributed by atoms with Crippen molar-refractivity contribution in [3.63, 3.8) is 0 Å². The summed E-state index contributed by atoms with van der Waals surface area (Å²) in [5, 5.41) is 0. The Balaban J connectivity index is 0.000000524. The SMILES string of the molecule is CCc1cc(Br)ccc1C(=O)OC.CCc1cc(C2CC2)ccc1C(=O)OC.[Br-].[CH-]1CC1.[Mg+2]. The van der Waals surface area contributed by atoms with E-state index < -0.39 is 0 Å². The average Bonchev–Trinajstić information content (AvgIpc) is 3.69. The quantitative estimate of drug-likeness (QED) is 0.304. The molecule has 0 bridgehead atoms. The number of carbonyl (C=O) groups is 2. The van der Waals surface area contributed by atoms with E-state index in [0.717, 1.165) is 34.4 Å². The minimum Gasteiger partial charge on any atom is -1.00 e. The van der Waals surface area contributed by atoms with Crippen LogP contribution < -0.4 is 17.0 Å². The van der Waals surface area contributed by atoms with Gasteiger partial charge in [0.2, 0.25) is 0 Å². The van der Waals surface area contributed by atoms with Crippen molar-refractivity contribution in [3.05, 3.63) is 75.1 Å². The molecule has 0 spiro atoms. The van der Waals surface area contributed by atoms with Gasteiger partial charge in [-0.3, -0.25) is 0 Å². The van der Waals surface area contributed by atoms with Crippen LogP contribution in [0.2, 0.25) is 0 Å². The number of hydrogen-bond acceptors (Lipinski definition) is 4. The molecular formula is C26H32Br2MgO4. The van der Waals surface area contributed by atoms with Crippen LogP contribution in [0.5, 0.6) is 0 Å². The summed E-state index contributed by atoms with van der Waals surface area (Å²) >= 11 is 3.36. The standard InChI is InChI=1S/C13H16O2.C10H11BrO2.C3H5.BrH.Mg/c1-3-9-8-11(10-4-5-10)6-7-12(9)13(14)15-2;1-3-7-6-8(11)4-5-9(7)10(12)13-2;1-2-3-1;;/h6-8,10H,3-5H2,1-2H3;4-6H,3H2,1-2H3;1H,2-3H2;1H;/q;;-1;;+2/p-1. The molecule has 0 saturated heterocycles. The van der Waals surface area contributed by atoms with Crippen molar-refractivity contribution in [2.45, 2.75) is 58.3 Å². The molecule has 0 atom stereocenters. The van der Waals surface area contributed by atoms with Gasteiger partial charge in [-0.2, -0.15) is 0 Å². The molecule has 2 saturated carbocycles. The van der Waals surface area contributed by atoms with Gasteiger partial charge in [-0.1, -0.05) is 41.9 Å². The summed E-state index contributed by atoms with van der Waals surface area (Å²) in [5.41, 5.74) is 4.84. The van der Waals surface area contributed by atoms with Crippen molar-refractivity contribution < 1.29 is 36.0 Å². The van der Waals surface area contributed by atoms with Crippen LogP contribution in [0.15, 0.2) is 40.9 Å². The zero-order valence-corrected chi connectivity index (χ0v) is 24.5. The zero-order chi connectivity index (χ0) is 22.8. The number of ether oxygens (including phenoxy) is 2. The molecule has 2 aliphatic carbocycles. The summed E-state index contributed by atoms with van der Waals surface area (Å²) in [5.74, 6) is 0.237. The van der Waals surface area contributed by atoms with Crippen molar-refractivity contribution in [2.24, 2.45) is 0 Å². The summed E-state index contributed by atoms with van der Waals surface area (Å²) < 4.78 is 10.4. The summed E-state index contributed by atoms with van der Waals surface area (Å²) in [4.78, 5) is 22.7. The fourth-order valence-corrected chi connectivity index (χ4v) is 3.46. The molecule has 0 N–H and O–H groups in total. The van der Waals surface area contributed by atoms with Crippen LogP contribution in [-0.2, 0) is 22.3 Å². The van der Waals surface area contributed by atoms with E-state index in [1.165, 1.54) is 45.5 Å². The van der Waals surface area contributed by atoms with Gasteiger partial charge in [-0.15, -0.1) is 0 Å². The maximum atomic E-state index is 11.5. The van der Waals surface area contributed by atoms with Gasteiger partial charge < -0.3 is 32.9 Å². The Kier molecular flexibility index (Phi) is 16.2. The van der Waals surface area contributed by atoms with Crippen LogP contribution in [0.1, 0.15) is 82.9 Å². The fourth-order valence-electron chi connectivity index (χ4n) is 3.05. The number of benzene rings is 2. The summed E-state index contributed by atoms with van der Waals surface area (Å²) in [7, 11) is 2.82. The predicted octanol–water partition coefficient (Wildman–Crippen LogP) is 3.32. The maximum Gasteiger partial charge on any atom is 2.00 e. The van der Waals surface area contributed by atoms with E-state index in [9.17, 15) is 9.59 Å². The molecule has 4 rings (SSSR count). The Morgan fingerprint density at radius 2 is 1.36 bits per heavy atom. The molecule has 0 aromatic heterocycles. The minimum absolute atomic E-state index is 0. The van der Waals surface area contributed by atoms with Crippen LogP contribution in [0.4, 0.5) is 0 Å². The molecule has 176 valence electrons. The smallest absolute Gasteiger partial charge is 1.00 e. The molecule has 0 radical (unpaired) electrons. The third kappa shape index (κ3) is 10.9. The molecule has 0 amide bonds. The van der Waals surface area contributed by atoms with Crippen molar-refractivity contribution in [1.82, 2.24) is 0 Å². The van der Waals surface area contributed by atoms with Crippen LogP contribution >= 0.6 is 15.9 Å². The van der Waals surface area contributed by atoms with Gasteiger partial charge in [0.1, 0.15) is 0 Å². The van der Waals surface area contributed by atoms with Gasteiger partial charge in [-0.05, 0) is 72.6 Å². The number of esters is 2. The molecule has 7 heteroatoms. The predicted molar refractivity (Wildman–Crippen MR) is 133 cm³/mol. The number of rotatable bonds is 5. The van der Waals surface area contributed by atoms with Crippen LogP contribution in [0, 0.1) is 6.42 Å². The molecule has 0 heterocycles. The summed E-state index contributed by atoms with van der Waals surface area (Å²) in [6.45, 7) is 4.08. The first kappa shape index (κ1) is 32.1. The Bertz CT molecular complexity index is 893. The van der Waals surface area contributed by atoms with Crippen LogP contribution in [-0.4, -0.2) is 49.2 Å². The first-order valence-corrected chi connectivity index (χ1v) is 11.6. The van der Waals surface area contributed by atoms with E-state index in [4.69, 9.17) is 4.74 Å². The van der Waals surface area contributed by atoms with E-state index >= 15 is 0 Å². The second-order valence-corrected chi connectivity index (χ2v) is 8.46. The molecule has 2 aliphatic rings. The largest absolute Gasteiger partial charge is 2.00 e. The van der Waals surface area contributed by atoms with Gasteiger partial charge in [0.25, 0.3) is 0 Å². The first-order valence-electron chi connectivity index (χ1n) is 10.8. The van der Waals surface area contributed by atoms with E-state index in [-0.39, 0.29) is 52.0 Å². The zero-order valence-electron chi connectivity index (χ0n) is 20.0. The summed E-state index contributed by atoms with van der Waals surface area (Å²) in [6, 6.07) is 11.7. The maximum absolute atomic E-state index is 11.5. The van der Waals surface area contributed by atoms with Crippen LogP contribution in [0.3, 0.4) is 0 Å². The van der Waals surface area contributed by atoms with Gasteiger partial charge >= 0.3 is 35.0 Å². The Morgan fingerprint density at radius 3 is 1.76 bits per heavy atom. The van der Waals surface area contributed by atoms with Crippen molar-refractivity contribution >= 4 is 50.9 Å². The normalized spacial score (nSPS) is 12.9. The Labute approximate surface area is 233 Å². The number of halogens is 2. The van der Waals surface area contributed by atoms with E-state index in [0.29, 0.717) is 11.1 Å². The second-order valence-electron chi connectivity index (χ2n) is 7.55. The van der Waals surface area contributed by atoms with Gasteiger partial charge in [0.05, 0.1) is 25.3 Å². The fraction of sp³-hybridized carbons (Fsp3) is 0.423. The van der Waals surface area contributed by atoms with E-state index in [1.807, 2.05) is 25.1 Å². The monoisotopic (exact) mass is 590 g/mol. The Morgan fingerprint density at radius 1 is 0.909 bits per heavy atom. The third-order valence-electron chi connectivity index (χ3n) is 5.11. The molecule has 0 aliphatic heterocycles. The van der Waals surface area contributed by atoms with Gasteiger partial charge in [0.15, 0.2) is 0 Å². The number of carbonyl (C=O) groups excluding carboxylic acids is 2. The Hall–Kier alpha value is -0.894. The molecule has 33 heavy (non-hydrogen) atoms. The summed E-state index contributed by atoms with van der Waals surface area (Å²) in [6.07, 6.45) is 9.29. The molecule has 2 aromatic rings. The number of hydrogen-bond donors (Lipinski definition) is 0. The van der Waals surface area contributed by atoms with E-state index in [1.54, 1.807) is 6.07 Å². The topological polar surface area (TPSA) is 52.6 Å². The molecule has 2 aromatic carbocycles. The number of methoxy groups -OCH3 is 2. The molecule has 0 unspecified atom stereocenters. The van der Waals surface area contributed by atoms with Gasteiger partial charge in [-0.25, -0.2) is 22.4 Å². The molecular weight excluding hydrogens is 560 g/mol. The van der Waals surface area contributed by atoms with Gasteiger partial charge in [0, 0.05) is 4.47 Å².